The number of nitrogens with zero attached hydrogens (tertiary/aromatic N) is 12. The molecule has 66 heavy (non-hydrogen) atoms. The number of carbonyl (C=O) groups is 2. The summed E-state index contributed by atoms with van der Waals surface area (Å²) >= 11 is 8.68. The van der Waals surface area contributed by atoms with Crippen LogP contribution in [0.4, 0.5) is 11.6 Å². The quantitative estimate of drug-likeness (QED) is 0.0882. The number of halogens is 2. The molecule has 2 aliphatic heterocycles. The van der Waals surface area contributed by atoms with Gasteiger partial charge in [-0.1, -0.05) is 47.0 Å². The number of nitrogens with one attached hydrogen (secondary N) is 2. The maximum absolute atomic E-state index is 12.6. The monoisotopic (exact) mass is 1030 g/mol. The summed E-state index contributed by atoms with van der Waals surface area (Å²) in [6, 6.07) is 16.6. The SMILES string of the molecule is Cc1ccc(-n2nc3c(N4CCC(C(=O)NCCCN(C)C)CC4)nnc(Cl)c3c2C)cc1.Cc1ccc(-n2nc3c(N4CCC(C(=O)NCCCN(C)C)CC4)nnc(I)c3c2C)cc1. The minimum absolute atomic E-state index is 0.0307. The molecule has 2 N–H and O–H groups in total. The Morgan fingerprint density at radius 2 is 1.02 bits per heavy atom. The van der Waals surface area contributed by atoms with E-state index in [4.69, 9.17) is 21.8 Å². The van der Waals surface area contributed by atoms with Crippen LogP contribution < -0.4 is 20.4 Å². The first-order chi connectivity index (χ1) is 31.7. The summed E-state index contributed by atoms with van der Waals surface area (Å²) in [7, 11) is 8.18. The number of fused-ring (bicyclic) bond motifs is 2. The van der Waals surface area contributed by atoms with E-state index >= 15 is 0 Å². The van der Waals surface area contributed by atoms with Crippen molar-refractivity contribution in [3.63, 3.8) is 0 Å². The van der Waals surface area contributed by atoms with Crippen molar-refractivity contribution in [1.82, 2.24) is 60.4 Å². The highest BCUT2D eigenvalue weighted by molar-refractivity contribution is 14.1. The van der Waals surface area contributed by atoms with Crippen LogP contribution in [-0.4, -0.2) is 142 Å². The van der Waals surface area contributed by atoms with Crippen LogP contribution in [0, 0.1) is 43.2 Å². The van der Waals surface area contributed by atoms with E-state index in [0.29, 0.717) is 5.15 Å². The van der Waals surface area contributed by atoms with Gasteiger partial charge in [0.25, 0.3) is 0 Å². The number of anilines is 2. The number of rotatable bonds is 14. The first kappa shape index (κ1) is 48.9. The molecule has 2 aliphatic rings. The summed E-state index contributed by atoms with van der Waals surface area (Å²) < 4.78 is 4.73. The number of hydrogen-bond donors (Lipinski definition) is 2. The van der Waals surface area contributed by atoms with E-state index in [1.807, 2.05) is 56.6 Å². The molecule has 16 nitrogen and oxygen atoms in total. The van der Waals surface area contributed by atoms with Crippen LogP contribution in [0.25, 0.3) is 33.2 Å². The van der Waals surface area contributed by atoms with E-state index in [1.54, 1.807) is 0 Å². The molecule has 0 radical (unpaired) electrons. The van der Waals surface area contributed by atoms with Gasteiger partial charge in [-0.2, -0.15) is 10.2 Å². The fraction of sp³-hybridized carbons (Fsp3) is 0.500. The van der Waals surface area contributed by atoms with Crippen molar-refractivity contribution in [2.45, 2.75) is 66.2 Å². The molecule has 4 aromatic heterocycles. The molecule has 0 bridgehead atoms. The van der Waals surface area contributed by atoms with Crippen molar-refractivity contribution in [2.75, 3.05) is 90.3 Å². The van der Waals surface area contributed by atoms with E-state index in [0.717, 1.165) is 151 Å². The average molecular weight is 1030 g/mol. The fourth-order valence-corrected chi connectivity index (χ4v) is 9.72. The van der Waals surface area contributed by atoms with Crippen molar-refractivity contribution in [1.29, 1.82) is 0 Å². The molecule has 2 aromatic carbocycles. The lowest BCUT2D eigenvalue weighted by Crippen LogP contribution is -2.41. The van der Waals surface area contributed by atoms with Gasteiger partial charge in [-0.3, -0.25) is 9.59 Å². The van der Waals surface area contributed by atoms with Crippen molar-refractivity contribution in [2.24, 2.45) is 11.8 Å². The van der Waals surface area contributed by atoms with Gasteiger partial charge in [0.15, 0.2) is 16.8 Å². The molecule has 18 heteroatoms. The van der Waals surface area contributed by atoms with Crippen molar-refractivity contribution < 1.29 is 9.59 Å². The molecule has 2 saturated heterocycles. The van der Waals surface area contributed by atoms with Crippen LogP contribution in [0.2, 0.25) is 5.15 Å². The molecule has 8 rings (SSSR count). The number of carbonyl (C=O) groups excluding carboxylic acids is 2. The van der Waals surface area contributed by atoms with E-state index in [2.05, 4.69) is 130 Å². The van der Waals surface area contributed by atoms with Crippen LogP contribution in [0.3, 0.4) is 0 Å². The molecule has 0 saturated carbocycles. The zero-order valence-electron chi connectivity index (χ0n) is 39.6. The highest BCUT2D eigenvalue weighted by Gasteiger charge is 2.30. The molecule has 0 unspecified atom stereocenters. The first-order valence-corrected chi connectivity index (χ1v) is 24.5. The van der Waals surface area contributed by atoms with Crippen LogP contribution in [0.5, 0.6) is 0 Å². The van der Waals surface area contributed by atoms with Gasteiger partial charge in [-0.25, -0.2) is 9.36 Å². The highest BCUT2D eigenvalue weighted by Crippen LogP contribution is 2.35. The third-order valence-corrected chi connectivity index (χ3v) is 13.6. The molecule has 6 heterocycles. The third-order valence-electron chi connectivity index (χ3n) is 12.6. The molecule has 0 atom stereocenters. The standard InChI is InChI=1S/C24H32ClN7O.C24H32IN7O/c2*1-16-6-8-19(9-7-16)32-17(2)20-21(29-32)23(28-27-22(20)25)31-14-10-18(11-15-31)24(33)26-12-5-13-30(3)4/h2*6-9,18H,5,10-15H2,1-4H3,(H,26,33). The van der Waals surface area contributed by atoms with Gasteiger partial charge in [0.05, 0.1) is 33.5 Å². The predicted molar refractivity (Wildman–Crippen MR) is 272 cm³/mol. The van der Waals surface area contributed by atoms with Gasteiger partial charge in [-0.05, 0) is 154 Å². The zero-order chi connectivity index (χ0) is 47.1. The summed E-state index contributed by atoms with van der Waals surface area (Å²) in [6.07, 6.45) is 5.11. The lowest BCUT2D eigenvalue weighted by Gasteiger charge is -2.32. The Hall–Kier alpha value is -4.98. The summed E-state index contributed by atoms with van der Waals surface area (Å²) in [5.41, 5.74) is 8.03. The minimum Gasteiger partial charge on any atom is -0.356 e. The van der Waals surface area contributed by atoms with E-state index in [9.17, 15) is 9.59 Å². The summed E-state index contributed by atoms with van der Waals surface area (Å²) in [6.45, 7) is 14.6. The molecule has 352 valence electrons. The largest absolute Gasteiger partial charge is 0.356 e. The van der Waals surface area contributed by atoms with E-state index < -0.39 is 0 Å². The van der Waals surface area contributed by atoms with Crippen LogP contribution in [0.15, 0.2) is 48.5 Å². The number of benzene rings is 2. The molecule has 2 fully saturated rings. The van der Waals surface area contributed by atoms with Gasteiger partial charge in [0.2, 0.25) is 11.8 Å². The molecule has 0 spiro atoms. The van der Waals surface area contributed by atoms with E-state index in [1.165, 1.54) is 11.1 Å². The van der Waals surface area contributed by atoms with Crippen molar-refractivity contribution in [3.8, 4) is 11.4 Å². The second kappa shape index (κ2) is 22.2. The Balaban J connectivity index is 0.000000196. The second-order valence-electron chi connectivity index (χ2n) is 18.2. The molecular formula is C48H64ClIN14O2. The van der Waals surface area contributed by atoms with Gasteiger partial charge in [0.1, 0.15) is 14.7 Å². The van der Waals surface area contributed by atoms with Gasteiger partial charge >= 0.3 is 0 Å². The Bertz CT molecular complexity index is 2420. The molecular weight excluding hydrogens is 967 g/mol. The highest BCUT2D eigenvalue weighted by atomic mass is 127. The third kappa shape index (κ3) is 11.6. The number of piperidine rings is 2. The summed E-state index contributed by atoms with van der Waals surface area (Å²) in [4.78, 5) is 33.8. The van der Waals surface area contributed by atoms with Gasteiger partial charge in [0, 0.05) is 51.1 Å². The fourth-order valence-electron chi connectivity index (χ4n) is 8.70. The van der Waals surface area contributed by atoms with Crippen LogP contribution in [-0.2, 0) is 9.59 Å². The number of amides is 2. The topological polar surface area (TPSA) is 158 Å². The Morgan fingerprint density at radius 3 is 1.44 bits per heavy atom. The van der Waals surface area contributed by atoms with Crippen LogP contribution >= 0.6 is 34.2 Å². The molecule has 0 aliphatic carbocycles. The van der Waals surface area contributed by atoms with Crippen LogP contribution in [0.1, 0.15) is 61.0 Å². The molecule has 2 amide bonds. The predicted octanol–water partition coefficient (Wildman–Crippen LogP) is 6.69. The lowest BCUT2D eigenvalue weighted by molar-refractivity contribution is -0.126. The van der Waals surface area contributed by atoms with Gasteiger partial charge in [-0.15, -0.1) is 20.4 Å². The minimum atomic E-state index is 0.0307. The average Bonchev–Trinajstić information content (AvgIpc) is 3.85. The maximum atomic E-state index is 12.6. The first-order valence-electron chi connectivity index (χ1n) is 23.0. The smallest absolute Gasteiger partial charge is 0.223 e. The second-order valence-corrected chi connectivity index (χ2v) is 19.5. The number of hydrogen-bond acceptors (Lipinski definition) is 12. The Labute approximate surface area is 407 Å². The van der Waals surface area contributed by atoms with Crippen molar-refractivity contribution in [3.05, 3.63) is 79.9 Å². The maximum Gasteiger partial charge on any atom is 0.223 e. The van der Waals surface area contributed by atoms with Gasteiger partial charge < -0.3 is 30.2 Å². The zero-order valence-corrected chi connectivity index (χ0v) is 42.5. The Morgan fingerprint density at radius 1 is 0.621 bits per heavy atom. The number of aromatic nitrogens is 8. The Kier molecular flexibility index (Phi) is 16.5. The van der Waals surface area contributed by atoms with E-state index in [-0.39, 0.29) is 23.7 Å². The summed E-state index contributed by atoms with van der Waals surface area (Å²) in [5.74, 6) is 1.95. The van der Waals surface area contributed by atoms with Crippen molar-refractivity contribution >= 4 is 79.4 Å². The molecule has 6 aromatic rings. The number of aryl methyl sites for hydroxylation is 4. The lowest BCUT2D eigenvalue weighted by atomic mass is 9.96. The summed E-state index contributed by atoms with van der Waals surface area (Å²) in [5, 5.41) is 35.8. The normalized spacial score (nSPS) is 14.9.